The van der Waals surface area contributed by atoms with Gasteiger partial charge in [-0.3, -0.25) is 0 Å². The van der Waals surface area contributed by atoms with E-state index >= 15 is 0 Å². The summed E-state index contributed by atoms with van der Waals surface area (Å²) in [4.78, 5) is 2.63. The van der Waals surface area contributed by atoms with E-state index < -0.39 is 0 Å². The van der Waals surface area contributed by atoms with E-state index in [1.165, 1.54) is 9.75 Å². The van der Waals surface area contributed by atoms with Crippen LogP contribution in [0.25, 0.3) is 0 Å². The lowest BCUT2D eigenvalue weighted by molar-refractivity contribution is 0.114. The number of nitrogens with two attached hydrogens (primary N) is 1. The fourth-order valence-electron chi connectivity index (χ4n) is 1.33. The molecule has 0 aromatic carbocycles. The summed E-state index contributed by atoms with van der Waals surface area (Å²) in [5.74, 6) is 0. The molecular formula is C11H20N2OS. The monoisotopic (exact) mass is 228 g/mol. The lowest BCUT2D eigenvalue weighted by atomic mass is 10.2. The largest absolute Gasteiger partial charge is 0.380 e. The van der Waals surface area contributed by atoms with E-state index in [2.05, 4.69) is 24.4 Å². The molecule has 1 aromatic rings. The van der Waals surface area contributed by atoms with Crippen LogP contribution in [0.15, 0.2) is 12.1 Å². The van der Waals surface area contributed by atoms with Crippen LogP contribution in [0.3, 0.4) is 0 Å². The van der Waals surface area contributed by atoms with Crippen LogP contribution in [0.5, 0.6) is 0 Å². The molecular weight excluding hydrogens is 208 g/mol. The van der Waals surface area contributed by atoms with Crippen molar-refractivity contribution in [2.75, 3.05) is 20.2 Å². The predicted molar refractivity (Wildman–Crippen MR) is 65.3 cm³/mol. The van der Waals surface area contributed by atoms with Crippen molar-refractivity contribution in [2.24, 2.45) is 5.73 Å². The van der Waals surface area contributed by atoms with Crippen molar-refractivity contribution in [1.29, 1.82) is 0 Å². The maximum absolute atomic E-state index is 5.75. The molecule has 2 atom stereocenters. The van der Waals surface area contributed by atoms with Gasteiger partial charge in [-0.25, -0.2) is 0 Å². The number of nitrogens with one attached hydrogen (secondary N) is 1. The highest BCUT2D eigenvalue weighted by atomic mass is 32.1. The van der Waals surface area contributed by atoms with Gasteiger partial charge in [0.1, 0.15) is 0 Å². The van der Waals surface area contributed by atoms with Crippen molar-refractivity contribution >= 4 is 11.3 Å². The number of aryl methyl sites for hydroxylation is 1. The zero-order valence-corrected chi connectivity index (χ0v) is 10.4. The highest BCUT2D eigenvalue weighted by Crippen LogP contribution is 2.21. The van der Waals surface area contributed by atoms with Gasteiger partial charge >= 0.3 is 0 Å². The number of rotatable bonds is 6. The summed E-state index contributed by atoms with van der Waals surface area (Å²) in [6, 6.07) is 4.52. The third kappa shape index (κ3) is 3.91. The normalized spacial score (nSPS) is 15.2. The minimum atomic E-state index is 0.222. The maximum atomic E-state index is 5.75. The van der Waals surface area contributed by atoms with E-state index in [4.69, 9.17) is 10.5 Å². The molecule has 0 fully saturated rings. The predicted octanol–water partition coefficient (Wildman–Crippen LogP) is 1.68. The van der Waals surface area contributed by atoms with E-state index in [1.54, 1.807) is 18.4 Å². The zero-order valence-electron chi connectivity index (χ0n) is 9.62. The van der Waals surface area contributed by atoms with Gasteiger partial charge in [-0.05, 0) is 26.0 Å². The van der Waals surface area contributed by atoms with Gasteiger partial charge in [0.25, 0.3) is 0 Å². The summed E-state index contributed by atoms with van der Waals surface area (Å²) >= 11 is 1.80. The van der Waals surface area contributed by atoms with Crippen molar-refractivity contribution in [2.45, 2.75) is 26.0 Å². The average Bonchev–Trinajstić information content (AvgIpc) is 2.65. The molecule has 0 aliphatic rings. The van der Waals surface area contributed by atoms with Crippen LogP contribution in [-0.2, 0) is 4.74 Å². The molecule has 15 heavy (non-hydrogen) atoms. The summed E-state index contributed by atoms with van der Waals surface area (Å²) < 4.78 is 5.19. The van der Waals surface area contributed by atoms with E-state index in [-0.39, 0.29) is 12.1 Å². The number of hydrogen-bond donors (Lipinski definition) is 2. The molecule has 0 spiro atoms. The van der Waals surface area contributed by atoms with Gasteiger partial charge in [0.15, 0.2) is 0 Å². The Morgan fingerprint density at radius 1 is 1.53 bits per heavy atom. The molecule has 0 amide bonds. The third-order valence-corrected chi connectivity index (χ3v) is 3.51. The molecule has 0 radical (unpaired) electrons. The van der Waals surface area contributed by atoms with Crippen LogP contribution in [0.1, 0.15) is 22.7 Å². The molecule has 4 heteroatoms. The Balaban J connectivity index is 2.49. The SMILES string of the molecule is COC(C)CNC(CN)c1ccc(C)s1. The van der Waals surface area contributed by atoms with Crippen LogP contribution in [-0.4, -0.2) is 26.3 Å². The molecule has 0 bridgehead atoms. The first kappa shape index (κ1) is 12.6. The standard InChI is InChI=1S/C11H20N2OS/c1-8(14-3)7-13-10(6-12)11-5-4-9(2)15-11/h4-5,8,10,13H,6-7,12H2,1-3H3. The second-order valence-corrected chi connectivity index (χ2v) is 5.01. The van der Waals surface area contributed by atoms with Crippen molar-refractivity contribution in [3.05, 3.63) is 21.9 Å². The minimum absolute atomic E-state index is 0.222. The van der Waals surface area contributed by atoms with Gasteiger partial charge in [-0.15, -0.1) is 11.3 Å². The van der Waals surface area contributed by atoms with Crippen molar-refractivity contribution in [1.82, 2.24) is 5.32 Å². The van der Waals surface area contributed by atoms with E-state index in [1.807, 2.05) is 6.92 Å². The highest BCUT2D eigenvalue weighted by Gasteiger charge is 2.11. The van der Waals surface area contributed by atoms with Gasteiger partial charge in [0.2, 0.25) is 0 Å². The Hall–Kier alpha value is -0.420. The van der Waals surface area contributed by atoms with E-state index in [0.29, 0.717) is 6.54 Å². The van der Waals surface area contributed by atoms with Crippen LogP contribution in [0, 0.1) is 6.92 Å². The summed E-state index contributed by atoms with van der Waals surface area (Å²) in [6.07, 6.45) is 0.222. The molecule has 1 rings (SSSR count). The fraction of sp³-hybridized carbons (Fsp3) is 0.636. The van der Waals surface area contributed by atoms with Gasteiger partial charge < -0.3 is 15.8 Å². The number of thiophene rings is 1. The molecule has 0 saturated heterocycles. The Labute approximate surface area is 95.6 Å². The van der Waals surface area contributed by atoms with Gasteiger partial charge in [0.05, 0.1) is 12.1 Å². The van der Waals surface area contributed by atoms with Crippen LogP contribution < -0.4 is 11.1 Å². The fourth-order valence-corrected chi connectivity index (χ4v) is 2.30. The zero-order chi connectivity index (χ0) is 11.3. The average molecular weight is 228 g/mol. The summed E-state index contributed by atoms with van der Waals surface area (Å²) in [6.45, 7) is 5.60. The van der Waals surface area contributed by atoms with E-state index in [9.17, 15) is 0 Å². The third-order valence-electron chi connectivity index (χ3n) is 2.39. The van der Waals surface area contributed by atoms with Crippen LogP contribution in [0.2, 0.25) is 0 Å². The number of ether oxygens (including phenoxy) is 1. The number of hydrogen-bond acceptors (Lipinski definition) is 4. The quantitative estimate of drug-likeness (QED) is 0.779. The molecule has 2 unspecified atom stereocenters. The van der Waals surface area contributed by atoms with Crippen LogP contribution in [0.4, 0.5) is 0 Å². The molecule has 3 nitrogen and oxygen atoms in total. The summed E-state index contributed by atoms with van der Waals surface area (Å²) in [5.41, 5.74) is 5.75. The first-order chi connectivity index (χ1) is 7.17. The van der Waals surface area contributed by atoms with E-state index in [0.717, 1.165) is 6.54 Å². The second-order valence-electron chi connectivity index (χ2n) is 3.69. The van der Waals surface area contributed by atoms with Crippen LogP contribution >= 0.6 is 11.3 Å². The Morgan fingerprint density at radius 2 is 2.27 bits per heavy atom. The maximum Gasteiger partial charge on any atom is 0.0667 e. The minimum Gasteiger partial charge on any atom is -0.380 e. The molecule has 1 aromatic heterocycles. The van der Waals surface area contributed by atoms with Crippen molar-refractivity contribution in [3.8, 4) is 0 Å². The second kappa shape index (κ2) is 6.23. The molecule has 86 valence electrons. The summed E-state index contributed by atoms with van der Waals surface area (Å²) in [7, 11) is 1.72. The Morgan fingerprint density at radius 3 is 2.73 bits per heavy atom. The molecule has 0 aliphatic heterocycles. The lowest BCUT2D eigenvalue weighted by Gasteiger charge is -2.18. The number of methoxy groups -OCH3 is 1. The highest BCUT2D eigenvalue weighted by molar-refractivity contribution is 7.12. The van der Waals surface area contributed by atoms with Crippen molar-refractivity contribution < 1.29 is 4.74 Å². The summed E-state index contributed by atoms with van der Waals surface area (Å²) in [5, 5.41) is 3.41. The smallest absolute Gasteiger partial charge is 0.0667 e. The Bertz CT molecular complexity index is 288. The van der Waals surface area contributed by atoms with Gasteiger partial charge in [-0.1, -0.05) is 0 Å². The first-order valence-electron chi connectivity index (χ1n) is 5.20. The molecule has 0 saturated carbocycles. The van der Waals surface area contributed by atoms with Gasteiger partial charge in [0, 0.05) is 30.0 Å². The Kier molecular flexibility index (Phi) is 5.25. The topological polar surface area (TPSA) is 47.3 Å². The van der Waals surface area contributed by atoms with Gasteiger partial charge in [-0.2, -0.15) is 0 Å². The lowest BCUT2D eigenvalue weighted by Crippen LogP contribution is -2.33. The molecule has 1 heterocycles. The molecule has 0 aliphatic carbocycles. The van der Waals surface area contributed by atoms with Crippen molar-refractivity contribution in [3.63, 3.8) is 0 Å². The molecule has 3 N–H and O–H groups in total. The first-order valence-corrected chi connectivity index (χ1v) is 6.01.